The van der Waals surface area contributed by atoms with Crippen molar-refractivity contribution < 1.29 is 14.7 Å². The van der Waals surface area contributed by atoms with Gasteiger partial charge in [0.2, 0.25) is 0 Å². The number of hydrogen-bond acceptors (Lipinski definition) is 3. The third-order valence-electron chi connectivity index (χ3n) is 1.78. The van der Waals surface area contributed by atoms with Crippen LogP contribution in [0, 0.1) is 2.88 Å². The Balaban J connectivity index is 2.81. The van der Waals surface area contributed by atoms with Gasteiger partial charge in [0.05, 0.1) is 8.45 Å². The van der Waals surface area contributed by atoms with Crippen molar-refractivity contribution in [3.63, 3.8) is 0 Å². The van der Waals surface area contributed by atoms with Crippen LogP contribution < -0.4 is 0 Å². The highest BCUT2D eigenvalue weighted by atomic mass is 127. The fourth-order valence-corrected chi connectivity index (χ4v) is 2.46. The first-order chi connectivity index (χ1) is 7.54. The smallest absolute Gasteiger partial charge is 0.323 e. The maximum absolute atomic E-state index is 11.9. The molecule has 0 atom stereocenters. The van der Waals surface area contributed by atoms with Crippen LogP contribution in [0.3, 0.4) is 0 Å². The van der Waals surface area contributed by atoms with Crippen molar-refractivity contribution in [1.82, 2.24) is 4.90 Å². The molecule has 0 unspecified atom stereocenters. The van der Waals surface area contributed by atoms with Gasteiger partial charge in [0.15, 0.2) is 0 Å². The lowest BCUT2D eigenvalue weighted by Crippen LogP contribution is -2.35. The average molecular weight is 351 g/mol. The Hall–Kier alpha value is -0.890. The molecule has 0 aromatic carbocycles. The lowest BCUT2D eigenvalue weighted by molar-refractivity contribution is -0.137. The van der Waals surface area contributed by atoms with Crippen molar-refractivity contribution in [1.29, 1.82) is 0 Å². The molecule has 0 saturated carbocycles. The third-order valence-corrected chi connectivity index (χ3v) is 3.57. The molecule has 1 N–H and O–H groups in total. The highest BCUT2D eigenvalue weighted by molar-refractivity contribution is 14.1. The Morgan fingerprint density at radius 2 is 2.31 bits per heavy atom. The molecule has 86 valence electrons. The van der Waals surface area contributed by atoms with Crippen molar-refractivity contribution >= 4 is 45.8 Å². The molecule has 1 aromatic rings. The number of carbonyl (C=O) groups is 2. The van der Waals surface area contributed by atoms with E-state index in [0.29, 0.717) is 5.56 Å². The van der Waals surface area contributed by atoms with Gasteiger partial charge in [-0.2, -0.15) is 0 Å². The number of halogens is 1. The normalized spacial score (nSPS) is 9.81. The first-order valence-electron chi connectivity index (χ1n) is 4.40. The van der Waals surface area contributed by atoms with Crippen molar-refractivity contribution in [2.24, 2.45) is 0 Å². The van der Waals surface area contributed by atoms with Crippen LogP contribution in [0.5, 0.6) is 0 Å². The van der Waals surface area contributed by atoms with Crippen LogP contribution in [0.25, 0.3) is 0 Å². The van der Waals surface area contributed by atoms with Crippen molar-refractivity contribution in [2.45, 2.75) is 0 Å². The average Bonchev–Trinajstić information content (AvgIpc) is 2.62. The van der Waals surface area contributed by atoms with Gasteiger partial charge in [-0.1, -0.05) is 6.08 Å². The minimum atomic E-state index is -1.03. The number of aliphatic carboxylic acids is 1. The molecule has 0 bridgehead atoms. The first-order valence-corrected chi connectivity index (χ1v) is 6.36. The monoisotopic (exact) mass is 351 g/mol. The van der Waals surface area contributed by atoms with Gasteiger partial charge >= 0.3 is 5.97 Å². The predicted molar refractivity (Wildman–Crippen MR) is 70.8 cm³/mol. The molecule has 1 amide bonds. The molecule has 0 saturated heterocycles. The lowest BCUT2D eigenvalue weighted by Gasteiger charge is -2.17. The zero-order valence-electron chi connectivity index (χ0n) is 8.35. The minimum absolute atomic E-state index is 0.234. The van der Waals surface area contributed by atoms with Gasteiger partial charge in [0.25, 0.3) is 5.91 Å². The van der Waals surface area contributed by atoms with E-state index in [1.807, 2.05) is 0 Å². The summed E-state index contributed by atoms with van der Waals surface area (Å²) in [5, 5.41) is 10.4. The van der Waals surface area contributed by atoms with Gasteiger partial charge in [-0.25, -0.2) is 0 Å². The van der Waals surface area contributed by atoms with Crippen LogP contribution in [0.2, 0.25) is 0 Å². The lowest BCUT2D eigenvalue weighted by atomic mass is 10.3. The predicted octanol–water partition coefficient (Wildman–Crippen LogP) is 2.07. The second kappa shape index (κ2) is 6.00. The summed E-state index contributed by atoms with van der Waals surface area (Å²) in [6, 6.07) is 1.74. The van der Waals surface area contributed by atoms with Crippen molar-refractivity contribution in [3.05, 3.63) is 32.5 Å². The summed E-state index contributed by atoms with van der Waals surface area (Å²) < 4.78 is 0.995. The largest absolute Gasteiger partial charge is 0.480 e. The zero-order valence-corrected chi connectivity index (χ0v) is 11.3. The number of hydrogen-bond donors (Lipinski definition) is 1. The van der Waals surface area contributed by atoms with Gasteiger partial charge in [0.1, 0.15) is 6.54 Å². The van der Waals surface area contributed by atoms with Crippen molar-refractivity contribution in [3.8, 4) is 0 Å². The molecule has 0 fully saturated rings. The topological polar surface area (TPSA) is 57.6 Å². The molecule has 6 heteroatoms. The van der Waals surface area contributed by atoms with Crippen LogP contribution in [-0.2, 0) is 4.79 Å². The summed E-state index contributed by atoms with van der Waals surface area (Å²) in [6.07, 6.45) is 1.51. The van der Waals surface area contributed by atoms with Gasteiger partial charge in [0, 0.05) is 11.9 Å². The summed E-state index contributed by atoms with van der Waals surface area (Å²) in [4.78, 5) is 23.7. The van der Waals surface area contributed by atoms with E-state index in [1.54, 1.807) is 11.4 Å². The Kier molecular flexibility index (Phi) is 4.94. The second-order valence-corrected chi connectivity index (χ2v) is 5.81. The van der Waals surface area contributed by atoms with E-state index in [1.165, 1.54) is 22.3 Å². The van der Waals surface area contributed by atoms with Crippen LogP contribution in [-0.4, -0.2) is 35.0 Å². The molecule has 0 aliphatic heterocycles. The zero-order chi connectivity index (χ0) is 12.1. The number of thiophene rings is 1. The number of carbonyl (C=O) groups excluding carboxylic acids is 1. The second-order valence-electron chi connectivity index (χ2n) is 3.01. The van der Waals surface area contributed by atoms with E-state index in [2.05, 4.69) is 29.2 Å². The number of nitrogens with zero attached hydrogens (tertiary/aromatic N) is 1. The van der Waals surface area contributed by atoms with E-state index in [9.17, 15) is 9.59 Å². The molecule has 4 nitrogen and oxygen atoms in total. The standard InChI is InChI=1S/C10H10INO3S/c1-2-3-12(5-9(13)14)10(15)7-4-8(11)16-6-7/h2,4,6H,1,3,5H2,(H,13,14). The van der Waals surface area contributed by atoms with Gasteiger partial charge in [-0.15, -0.1) is 17.9 Å². The molecule has 0 aliphatic rings. The molecule has 1 aromatic heterocycles. The van der Waals surface area contributed by atoms with Gasteiger partial charge in [-0.05, 0) is 28.7 Å². The number of carboxylic acids is 1. The highest BCUT2D eigenvalue weighted by Gasteiger charge is 2.18. The SMILES string of the molecule is C=CCN(CC(=O)O)C(=O)c1csc(I)c1. The van der Waals surface area contributed by atoms with E-state index in [0.717, 1.165) is 2.88 Å². The van der Waals surface area contributed by atoms with E-state index in [-0.39, 0.29) is 19.0 Å². The number of carboxylic acid groups (broad SMARTS) is 1. The molecule has 0 aliphatic carbocycles. The van der Waals surface area contributed by atoms with E-state index in [4.69, 9.17) is 5.11 Å². The summed E-state index contributed by atoms with van der Waals surface area (Å²) in [5.74, 6) is -1.30. The minimum Gasteiger partial charge on any atom is -0.480 e. The number of amides is 1. The molecule has 0 spiro atoms. The molecular formula is C10H10INO3S. The van der Waals surface area contributed by atoms with Crippen LogP contribution in [0.4, 0.5) is 0 Å². The van der Waals surface area contributed by atoms with Crippen LogP contribution in [0.15, 0.2) is 24.1 Å². The summed E-state index contributed by atoms with van der Waals surface area (Å²) in [5.41, 5.74) is 0.525. The van der Waals surface area contributed by atoms with E-state index >= 15 is 0 Å². The summed E-state index contributed by atoms with van der Waals surface area (Å²) >= 11 is 3.57. The third kappa shape index (κ3) is 3.60. The Morgan fingerprint density at radius 3 is 2.75 bits per heavy atom. The summed E-state index contributed by atoms with van der Waals surface area (Å²) in [7, 11) is 0. The molecule has 1 heterocycles. The molecular weight excluding hydrogens is 341 g/mol. The fraction of sp³-hybridized carbons (Fsp3) is 0.200. The Labute approximate surface area is 111 Å². The Morgan fingerprint density at radius 1 is 1.62 bits per heavy atom. The Bertz CT molecular complexity index is 416. The molecule has 16 heavy (non-hydrogen) atoms. The molecule has 0 radical (unpaired) electrons. The highest BCUT2D eigenvalue weighted by Crippen LogP contribution is 2.18. The number of rotatable bonds is 5. The molecule has 1 rings (SSSR count). The van der Waals surface area contributed by atoms with Crippen LogP contribution >= 0.6 is 33.9 Å². The van der Waals surface area contributed by atoms with Gasteiger partial charge in [-0.3, -0.25) is 9.59 Å². The van der Waals surface area contributed by atoms with Crippen molar-refractivity contribution in [2.75, 3.05) is 13.1 Å². The first kappa shape index (κ1) is 13.2. The summed E-state index contributed by atoms with van der Waals surface area (Å²) in [6.45, 7) is 3.43. The fourth-order valence-electron chi connectivity index (χ4n) is 1.14. The quantitative estimate of drug-likeness (QED) is 0.653. The maximum atomic E-state index is 11.9. The maximum Gasteiger partial charge on any atom is 0.323 e. The van der Waals surface area contributed by atoms with Gasteiger partial charge < -0.3 is 10.0 Å². The van der Waals surface area contributed by atoms with E-state index < -0.39 is 5.97 Å². The van der Waals surface area contributed by atoms with Crippen LogP contribution in [0.1, 0.15) is 10.4 Å².